The van der Waals surface area contributed by atoms with Crippen molar-refractivity contribution >= 4 is 21.6 Å². The van der Waals surface area contributed by atoms with E-state index >= 15 is 0 Å². The van der Waals surface area contributed by atoms with Crippen LogP contribution in [0.1, 0.15) is 25.8 Å². The monoisotopic (exact) mass is 270 g/mol. The number of benzene rings is 1. The van der Waals surface area contributed by atoms with Gasteiger partial charge in [-0.1, -0.05) is 13.0 Å². The molecule has 2 nitrogen and oxygen atoms in total. The van der Waals surface area contributed by atoms with Crippen LogP contribution in [0, 0.1) is 0 Å². The van der Waals surface area contributed by atoms with E-state index in [-0.39, 0.29) is 0 Å². The lowest BCUT2D eigenvalue weighted by Crippen LogP contribution is -2.28. The van der Waals surface area contributed by atoms with Gasteiger partial charge in [-0.3, -0.25) is 0 Å². The van der Waals surface area contributed by atoms with Crippen LogP contribution in [0.25, 0.3) is 0 Å². The molecule has 0 aliphatic heterocycles. The van der Waals surface area contributed by atoms with E-state index in [0.717, 1.165) is 16.5 Å². The average Bonchev–Trinajstić information content (AvgIpc) is 2.26. The van der Waals surface area contributed by atoms with Crippen LogP contribution in [0.3, 0.4) is 0 Å². The summed E-state index contributed by atoms with van der Waals surface area (Å²) in [6, 6.07) is 6.84. The average molecular weight is 271 g/mol. The molecule has 2 N–H and O–H groups in total. The molecule has 0 aliphatic rings. The molecule has 0 bridgehead atoms. The fourth-order valence-corrected chi connectivity index (χ4v) is 2.18. The number of nitrogens with zero attached hydrogens (tertiary/aromatic N) is 1. The first-order valence-corrected chi connectivity index (χ1v) is 6.10. The summed E-state index contributed by atoms with van der Waals surface area (Å²) in [5, 5.41) is 0. The maximum atomic E-state index is 5.60. The van der Waals surface area contributed by atoms with E-state index in [1.807, 2.05) is 0 Å². The highest BCUT2D eigenvalue weighted by atomic mass is 79.9. The fraction of sp³-hybridized carbons (Fsp3) is 0.500. The van der Waals surface area contributed by atoms with E-state index in [1.54, 1.807) is 0 Å². The highest BCUT2D eigenvalue weighted by Crippen LogP contribution is 2.28. The van der Waals surface area contributed by atoms with Crippen LogP contribution in [0.15, 0.2) is 22.7 Å². The zero-order valence-corrected chi connectivity index (χ0v) is 11.2. The molecule has 0 amide bonds. The number of rotatable bonds is 4. The first kappa shape index (κ1) is 12.5. The van der Waals surface area contributed by atoms with E-state index < -0.39 is 0 Å². The Balaban J connectivity index is 2.95. The third-order valence-electron chi connectivity index (χ3n) is 2.88. The van der Waals surface area contributed by atoms with Gasteiger partial charge in [0.15, 0.2) is 0 Å². The number of nitrogens with two attached hydrogens (primary N) is 1. The first-order valence-electron chi connectivity index (χ1n) is 5.31. The van der Waals surface area contributed by atoms with Crippen molar-refractivity contribution in [2.75, 3.05) is 11.9 Å². The number of anilines is 1. The second-order valence-electron chi connectivity index (χ2n) is 3.86. The fourth-order valence-electron chi connectivity index (χ4n) is 1.47. The summed E-state index contributed by atoms with van der Waals surface area (Å²) in [6.45, 7) is 5.01. The number of hydrogen-bond acceptors (Lipinski definition) is 2. The quantitative estimate of drug-likeness (QED) is 0.911. The van der Waals surface area contributed by atoms with Gasteiger partial charge in [0.1, 0.15) is 0 Å². The highest BCUT2D eigenvalue weighted by molar-refractivity contribution is 9.10. The van der Waals surface area contributed by atoms with Gasteiger partial charge in [0.2, 0.25) is 0 Å². The molecule has 0 aliphatic carbocycles. The molecule has 1 aromatic carbocycles. The van der Waals surface area contributed by atoms with Crippen LogP contribution >= 0.6 is 15.9 Å². The Morgan fingerprint density at radius 2 is 2.13 bits per heavy atom. The van der Waals surface area contributed by atoms with Gasteiger partial charge in [0.05, 0.1) is 5.69 Å². The maximum absolute atomic E-state index is 5.60. The van der Waals surface area contributed by atoms with Gasteiger partial charge in [0, 0.05) is 24.1 Å². The van der Waals surface area contributed by atoms with Crippen molar-refractivity contribution in [3.05, 3.63) is 28.2 Å². The van der Waals surface area contributed by atoms with E-state index in [2.05, 4.69) is 59.9 Å². The van der Waals surface area contributed by atoms with Crippen LogP contribution < -0.4 is 10.6 Å². The summed E-state index contributed by atoms with van der Waals surface area (Å²) in [6.07, 6.45) is 1.14. The van der Waals surface area contributed by atoms with Gasteiger partial charge in [-0.2, -0.15) is 0 Å². The van der Waals surface area contributed by atoms with Crippen LogP contribution in [0.5, 0.6) is 0 Å². The van der Waals surface area contributed by atoms with E-state index in [0.29, 0.717) is 12.6 Å². The number of halogens is 1. The Bertz CT molecular complexity index is 325. The normalized spacial score (nSPS) is 12.6. The van der Waals surface area contributed by atoms with Crippen molar-refractivity contribution in [1.82, 2.24) is 0 Å². The molecule has 0 saturated heterocycles. The summed E-state index contributed by atoms with van der Waals surface area (Å²) >= 11 is 3.59. The molecule has 0 radical (unpaired) electrons. The summed E-state index contributed by atoms with van der Waals surface area (Å²) in [7, 11) is 2.12. The molecule has 0 spiro atoms. The molecule has 1 unspecified atom stereocenters. The second-order valence-corrected chi connectivity index (χ2v) is 4.71. The maximum Gasteiger partial charge on any atom is 0.0510 e. The van der Waals surface area contributed by atoms with Crippen LogP contribution in [0.2, 0.25) is 0 Å². The predicted octanol–water partition coefficient (Wildman–Crippen LogP) is 3.14. The van der Waals surface area contributed by atoms with Crippen LogP contribution in [-0.4, -0.2) is 13.1 Å². The lowest BCUT2D eigenvalue weighted by Gasteiger charge is -2.27. The van der Waals surface area contributed by atoms with Crippen molar-refractivity contribution in [3.8, 4) is 0 Å². The van der Waals surface area contributed by atoms with Crippen molar-refractivity contribution in [3.63, 3.8) is 0 Å². The molecule has 0 aromatic heterocycles. The van der Waals surface area contributed by atoms with Crippen molar-refractivity contribution in [2.45, 2.75) is 32.9 Å². The minimum atomic E-state index is 0.546. The van der Waals surface area contributed by atoms with Crippen LogP contribution in [0.4, 0.5) is 5.69 Å². The Kier molecular flexibility index (Phi) is 4.61. The van der Waals surface area contributed by atoms with Gasteiger partial charge < -0.3 is 10.6 Å². The smallest absolute Gasteiger partial charge is 0.0510 e. The lowest BCUT2D eigenvalue weighted by atomic mass is 10.1. The molecule has 1 aromatic rings. The molecule has 84 valence electrons. The van der Waals surface area contributed by atoms with Crippen molar-refractivity contribution in [1.29, 1.82) is 0 Å². The molecule has 1 atom stereocenters. The van der Waals surface area contributed by atoms with E-state index in [1.165, 1.54) is 5.69 Å². The minimum Gasteiger partial charge on any atom is -0.371 e. The topological polar surface area (TPSA) is 29.3 Å². The van der Waals surface area contributed by atoms with Gasteiger partial charge in [0.25, 0.3) is 0 Å². The first-order chi connectivity index (χ1) is 7.10. The lowest BCUT2D eigenvalue weighted by molar-refractivity contribution is 0.663. The number of hydrogen-bond donors (Lipinski definition) is 1. The zero-order chi connectivity index (χ0) is 11.4. The summed E-state index contributed by atoms with van der Waals surface area (Å²) < 4.78 is 1.12. The molecular weight excluding hydrogens is 252 g/mol. The third kappa shape index (κ3) is 2.95. The summed E-state index contributed by atoms with van der Waals surface area (Å²) in [4.78, 5) is 2.28. The van der Waals surface area contributed by atoms with Crippen LogP contribution in [-0.2, 0) is 6.54 Å². The van der Waals surface area contributed by atoms with Gasteiger partial charge in [-0.15, -0.1) is 0 Å². The zero-order valence-electron chi connectivity index (χ0n) is 9.63. The molecule has 0 fully saturated rings. The summed E-state index contributed by atoms with van der Waals surface area (Å²) in [5.74, 6) is 0. The van der Waals surface area contributed by atoms with Crippen molar-refractivity contribution < 1.29 is 0 Å². The SMILES string of the molecule is CCC(C)N(C)c1ccc(CN)cc1Br. The van der Waals surface area contributed by atoms with E-state index in [4.69, 9.17) is 5.73 Å². The van der Waals surface area contributed by atoms with Gasteiger partial charge in [-0.25, -0.2) is 0 Å². The third-order valence-corrected chi connectivity index (χ3v) is 3.51. The Morgan fingerprint density at radius 3 is 2.60 bits per heavy atom. The van der Waals surface area contributed by atoms with Crippen molar-refractivity contribution in [2.24, 2.45) is 5.73 Å². The predicted molar refractivity (Wildman–Crippen MR) is 70.2 cm³/mol. The molecule has 0 saturated carbocycles. The molecule has 3 heteroatoms. The second kappa shape index (κ2) is 5.52. The Labute approximate surface area is 101 Å². The van der Waals surface area contributed by atoms with E-state index in [9.17, 15) is 0 Å². The standard InChI is InChI=1S/C12H19BrN2/c1-4-9(2)15(3)12-6-5-10(8-14)7-11(12)13/h5-7,9H,4,8,14H2,1-3H3. The molecular formula is C12H19BrN2. The Morgan fingerprint density at radius 1 is 1.47 bits per heavy atom. The summed E-state index contributed by atoms with van der Waals surface area (Å²) in [5.41, 5.74) is 7.98. The highest BCUT2D eigenvalue weighted by Gasteiger charge is 2.10. The largest absolute Gasteiger partial charge is 0.371 e. The van der Waals surface area contributed by atoms with Gasteiger partial charge in [-0.05, 0) is 47.0 Å². The Hall–Kier alpha value is -0.540. The molecule has 15 heavy (non-hydrogen) atoms. The minimum absolute atomic E-state index is 0.546. The molecule has 1 rings (SSSR count). The van der Waals surface area contributed by atoms with Gasteiger partial charge >= 0.3 is 0 Å². The molecule has 0 heterocycles.